The van der Waals surface area contributed by atoms with E-state index in [9.17, 15) is 10.1 Å². The van der Waals surface area contributed by atoms with E-state index < -0.39 is 4.92 Å². The molecule has 21 heavy (non-hydrogen) atoms. The summed E-state index contributed by atoms with van der Waals surface area (Å²) in [6.45, 7) is 1.72. The van der Waals surface area contributed by atoms with Gasteiger partial charge in [-0.15, -0.1) is 0 Å². The third-order valence-corrected chi connectivity index (χ3v) is 3.39. The Labute approximate surface area is 124 Å². The molecule has 1 aliphatic rings. The highest BCUT2D eigenvalue weighted by molar-refractivity contribution is 6.33. The molecule has 0 radical (unpaired) electrons. The number of rotatable bonds is 3. The lowest BCUT2D eigenvalue weighted by Crippen LogP contribution is -2.35. The second-order valence-corrected chi connectivity index (χ2v) is 4.84. The van der Waals surface area contributed by atoms with Crippen LogP contribution < -0.4 is 5.32 Å². The van der Waals surface area contributed by atoms with Gasteiger partial charge in [-0.05, 0) is 6.07 Å². The molecule has 1 unspecified atom stereocenters. The largest absolute Gasteiger partial charge is 0.378 e. The van der Waals surface area contributed by atoms with Crippen molar-refractivity contribution in [3.8, 4) is 11.5 Å². The second-order valence-electron chi connectivity index (χ2n) is 4.43. The number of nitrogens with zero attached hydrogens (tertiary/aromatic N) is 3. The lowest BCUT2D eigenvalue weighted by atomic mass is 10.2. The van der Waals surface area contributed by atoms with Gasteiger partial charge in [-0.1, -0.05) is 22.8 Å². The van der Waals surface area contributed by atoms with Crippen molar-refractivity contribution < 1.29 is 14.2 Å². The molecular weight excluding hydrogens is 300 g/mol. The standard InChI is InChI=1S/C12H11ClN4O4/c13-7-2-1-3-9(17(18)19)10(7)12-15-11(16-21-12)8-6-20-5-4-14-8/h1-3,8,14H,4-6H2. The summed E-state index contributed by atoms with van der Waals surface area (Å²) in [5, 5.41) is 18.3. The van der Waals surface area contributed by atoms with Crippen molar-refractivity contribution in [1.82, 2.24) is 15.5 Å². The quantitative estimate of drug-likeness (QED) is 0.682. The molecule has 1 N–H and O–H groups in total. The Kier molecular flexibility index (Phi) is 3.82. The highest BCUT2D eigenvalue weighted by Gasteiger charge is 2.26. The Hall–Kier alpha value is -2.03. The van der Waals surface area contributed by atoms with E-state index in [0.717, 1.165) is 0 Å². The molecule has 1 aromatic heterocycles. The summed E-state index contributed by atoms with van der Waals surface area (Å²) in [5.41, 5.74) is -0.0507. The van der Waals surface area contributed by atoms with Gasteiger partial charge in [0.15, 0.2) is 5.82 Å². The number of ether oxygens (including phenoxy) is 1. The van der Waals surface area contributed by atoms with E-state index in [1.165, 1.54) is 18.2 Å². The van der Waals surface area contributed by atoms with Crippen molar-refractivity contribution in [3.63, 3.8) is 0 Å². The molecule has 0 saturated carbocycles. The van der Waals surface area contributed by atoms with Crippen molar-refractivity contribution in [2.45, 2.75) is 6.04 Å². The van der Waals surface area contributed by atoms with Gasteiger partial charge in [-0.25, -0.2) is 0 Å². The summed E-state index contributed by atoms with van der Waals surface area (Å²) in [6.07, 6.45) is 0. The zero-order valence-electron chi connectivity index (χ0n) is 10.8. The first kappa shape index (κ1) is 13.9. The van der Waals surface area contributed by atoms with E-state index in [0.29, 0.717) is 25.6 Å². The Balaban J connectivity index is 1.98. The van der Waals surface area contributed by atoms with E-state index in [2.05, 4.69) is 15.5 Å². The molecule has 0 bridgehead atoms. The number of nitro groups is 1. The minimum Gasteiger partial charge on any atom is -0.378 e. The maximum atomic E-state index is 11.1. The third kappa shape index (κ3) is 2.73. The van der Waals surface area contributed by atoms with Crippen LogP contribution >= 0.6 is 11.6 Å². The number of aromatic nitrogens is 2. The molecule has 0 amide bonds. The van der Waals surface area contributed by atoms with Crippen LogP contribution in [-0.2, 0) is 4.74 Å². The van der Waals surface area contributed by atoms with E-state index >= 15 is 0 Å². The van der Waals surface area contributed by atoms with E-state index in [-0.39, 0.29) is 28.2 Å². The van der Waals surface area contributed by atoms with Crippen LogP contribution in [0.15, 0.2) is 22.7 Å². The fourth-order valence-corrected chi connectivity index (χ4v) is 2.34. The van der Waals surface area contributed by atoms with Crippen LogP contribution in [0.4, 0.5) is 5.69 Å². The van der Waals surface area contributed by atoms with Crippen LogP contribution in [0, 0.1) is 10.1 Å². The van der Waals surface area contributed by atoms with Gasteiger partial charge in [0.25, 0.3) is 11.6 Å². The highest BCUT2D eigenvalue weighted by Crippen LogP contribution is 2.35. The Bertz CT molecular complexity index is 669. The summed E-state index contributed by atoms with van der Waals surface area (Å²) < 4.78 is 10.4. The molecule has 1 saturated heterocycles. The molecule has 0 aliphatic carbocycles. The second kappa shape index (κ2) is 5.76. The maximum absolute atomic E-state index is 11.1. The van der Waals surface area contributed by atoms with Crippen LogP contribution in [-0.4, -0.2) is 34.8 Å². The van der Waals surface area contributed by atoms with E-state index in [4.69, 9.17) is 20.9 Å². The predicted octanol–water partition coefficient (Wildman–Crippen LogP) is 1.96. The minimum atomic E-state index is -0.535. The molecule has 110 valence electrons. The maximum Gasteiger partial charge on any atom is 0.283 e. The number of hydrogen-bond donors (Lipinski definition) is 1. The van der Waals surface area contributed by atoms with Crippen LogP contribution in [0.2, 0.25) is 5.02 Å². The van der Waals surface area contributed by atoms with E-state index in [1.807, 2.05) is 0 Å². The van der Waals surface area contributed by atoms with E-state index in [1.54, 1.807) is 0 Å². The molecule has 3 rings (SSSR count). The summed E-state index contributed by atoms with van der Waals surface area (Å²) in [7, 11) is 0. The monoisotopic (exact) mass is 310 g/mol. The zero-order chi connectivity index (χ0) is 14.8. The van der Waals surface area contributed by atoms with Gasteiger partial charge < -0.3 is 14.6 Å². The van der Waals surface area contributed by atoms with Crippen LogP contribution in [0.3, 0.4) is 0 Å². The lowest BCUT2D eigenvalue weighted by molar-refractivity contribution is -0.384. The average Bonchev–Trinajstić information content (AvgIpc) is 2.97. The molecular formula is C12H11ClN4O4. The van der Waals surface area contributed by atoms with Gasteiger partial charge in [-0.3, -0.25) is 10.1 Å². The van der Waals surface area contributed by atoms with Crippen molar-refractivity contribution in [2.75, 3.05) is 19.8 Å². The van der Waals surface area contributed by atoms with Gasteiger partial charge in [0.2, 0.25) is 0 Å². The molecule has 2 heterocycles. The number of nitrogens with one attached hydrogen (secondary N) is 1. The minimum absolute atomic E-state index is 0.0228. The summed E-state index contributed by atoms with van der Waals surface area (Å²) in [5.74, 6) is 0.411. The Morgan fingerprint density at radius 3 is 3.05 bits per heavy atom. The summed E-state index contributed by atoms with van der Waals surface area (Å²) >= 11 is 6.03. The number of morpholine rings is 1. The Morgan fingerprint density at radius 2 is 2.33 bits per heavy atom. The Morgan fingerprint density at radius 1 is 1.48 bits per heavy atom. The summed E-state index contributed by atoms with van der Waals surface area (Å²) in [6, 6.07) is 4.18. The first-order valence-corrected chi connectivity index (χ1v) is 6.62. The molecule has 1 aromatic carbocycles. The fourth-order valence-electron chi connectivity index (χ4n) is 2.09. The predicted molar refractivity (Wildman–Crippen MR) is 73.0 cm³/mol. The van der Waals surface area contributed by atoms with Crippen LogP contribution in [0.1, 0.15) is 11.9 Å². The fraction of sp³-hybridized carbons (Fsp3) is 0.333. The first-order chi connectivity index (χ1) is 10.2. The van der Waals surface area contributed by atoms with Crippen molar-refractivity contribution in [2.24, 2.45) is 0 Å². The average molecular weight is 311 g/mol. The van der Waals surface area contributed by atoms with Gasteiger partial charge in [0.1, 0.15) is 5.56 Å². The number of benzene rings is 1. The molecule has 0 spiro atoms. The summed E-state index contributed by atoms with van der Waals surface area (Å²) in [4.78, 5) is 14.7. The number of hydrogen-bond acceptors (Lipinski definition) is 7. The van der Waals surface area contributed by atoms with Crippen LogP contribution in [0.25, 0.3) is 11.5 Å². The molecule has 2 aromatic rings. The normalized spacial score (nSPS) is 18.6. The molecule has 1 fully saturated rings. The molecule has 8 nitrogen and oxygen atoms in total. The van der Waals surface area contributed by atoms with Gasteiger partial charge in [0, 0.05) is 12.6 Å². The first-order valence-electron chi connectivity index (χ1n) is 6.25. The van der Waals surface area contributed by atoms with Crippen LogP contribution in [0.5, 0.6) is 0 Å². The number of halogens is 1. The SMILES string of the molecule is O=[N+]([O-])c1cccc(Cl)c1-c1nc(C2COCCN2)no1. The lowest BCUT2D eigenvalue weighted by Gasteiger charge is -2.20. The third-order valence-electron chi connectivity index (χ3n) is 3.08. The van der Waals surface area contributed by atoms with Gasteiger partial charge in [-0.2, -0.15) is 4.98 Å². The van der Waals surface area contributed by atoms with Crippen molar-refractivity contribution in [1.29, 1.82) is 0 Å². The molecule has 1 atom stereocenters. The molecule has 9 heteroatoms. The van der Waals surface area contributed by atoms with Crippen molar-refractivity contribution in [3.05, 3.63) is 39.2 Å². The van der Waals surface area contributed by atoms with Crippen molar-refractivity contribution >= 4 is 17.3 Å². The zero-order valence-corrected chi connectivity index (χ0v) is 11.5. The van der Waals surface area contributed by atoms with Gasteiger partial charge >= 0.3 is 0 Å². The number of nitro benzene ring substituents is 1. The topological polar surface area (TPSA) is 103 Å². The van der Waals surface area contributed by atoms with Gasteiger partial charge in [0.05, 0.1) is 29.2 Å². The smallest absolute Gasteiger partial charge is 0.283 e. The highest BCUT2D eigenvalue weighted by atomic mass is 35.5. The molecule has 1 aliphatic heterocycles.